The van der Waals surface area contributed by atoms with E-state index in [1.165, 1.54) is 18.6 Å². The first-order chi connectivity index (χ1) is 14.0. The molecule has 0 fully saturated rings. The van der Waals surface area contributed by atoms with E-state index in [1.54, 1.807) is 0 Å². The lowest BCUT2D eigenvalue weighted by Gasteiger charge is -2.15. The summed E-state index contributed by atoms with van der Waals surface area (Å²) in [6.07, 6.45) is -6.15. The van der Waals surface area contributed by atoms with Crippen LogP contribution in [0.2, 0.25) is 0 Å². The van der Waals surface area contributed by atoms with Crippen LogP contribution in [0.4, 0.5) is 26.3 Å². The lowest BCUT2D eigenvalue weighted by Crippen LogP contribution is -2.14. The largest absolute Gasteiger partial charge is 0.464 e. The molecule has 0 amide bonds. The molecule has 0 saturated heterocycles. The highest BCUT2D eigenvalue weighted by Gasteiger charge is 2.37. The summed E-state index contributed by atoms with van der Waals surface area (Å²) >= 11 is 0. The number of ether oxygens (including phenoxy) is 1. The van der Waals surface area contributed by atoms with Gasteiger partial charge in [0.05, 0.1) is 31.0 Å². The molecule has 13 heteroatoms. The molecule has 2 aromatic heterocycles. The zero-order valence-electron chi connectivity index (χ0n) is 15.0. The molecule has 1 aromatic carbocycles. The number of esters is 1. The highest BCUT2D eigenvalue weighted by atomic mass is 19.4. The highest BCUT2D eigenvalue weighted by Crippen LogP contribution is 2.36. The van der Waals surface area contributed by atoms with E-state index in [1.807, 2.05) is 0 Å². The average molecular weight is 431 g/mol. The van der Waals surface area contributed by atoms with Crippen LogP contribution in [0.1, 0.15) is 27.2 Å². The normalized spacial score (nSPS) is 12.1. The number of carbonyl (C=O) groups is 1. The van der Waals surface area contributed by atoms with Crippen molar-refractivity contribution in [3.63, 3.8) is 0 Å². The van der Waals surface area contributed by atoms with Crippen LogP contribution in [-0.2, 0) is 23.6 Å². The van der Waals surface area contributed by atoms with E-state index in [4.69, 9.17) is 0 Å². The third-order valence-corrected chi connectivity index (χ3v) is 3.90. The van der Waals surface area contributed by atoms with Crippen LogP contribution in [0.25, 0.3) is 11.4 Å². The first-order valence-corrected chi connectivity index (χ1v) is 8.07. The Morgan fingerprint density at radius 1 is 1.03 bits per heavy atom. The van der Waals surface area contributed by atoms with Crippen molar-refractivity contribution in [2.24, 2.45) is 0 Å². The van der Waals surface area contributed by atoms with E-state index in [2.05, 4.69) is 25.0 Å². The molecule has 2 heterocycles. The Hall–Kier alpha value is -3.51. The molecular formula is C17H11F6N5O2. The molecule has 3 aromatic rings. The maximum absolute atomic E-state index is 13.1. The second-order valence-corrected chi connectivity index (χ2v) is 5.94. The average Bonchev–Trinajstić information content (AvgIpc) is 3.10. The zero-order chi connectivity index (χ0) is 22.1. The van der Waals surface area contributed by atoms with Gasteiger partial charge in [0.15, 0.2) is 5.69 Å². The first kappa shape index (κ1) is 21.2. The van der Waals surface area contributed by atoms with Crippen LogP contribution in [0.3, 0.4) is 0 Å². The van der Waals surface area contributed by atoms with Crippen LogP contribution >= 0.6 is 0 Å². The number of methoxy groups -OCH3 is 1. The second-order valence-electron chi connectivity index (χ2n) is 5.94. The summed E-state index contributed by atoms with van der Waals surface area (Å²) in [7, 11) is 1.07. The maximum atomic E-state index is 13.1. The standard InChI is InChI=1S/C17H11F6N5O2/c1-30-15(29)13-14(12-7-24-2-3-25-12)28(27-26-13)8-9-4-10(16(18,19)20)6-11(5-9)17(21,22)23/h2-7H,8H2,1H3. The van der Waals surface area contributed by atoms with Gasteiger partial charge >= 0.3 is 18.3 Å². The van der Waals surface area contributed by atoms with Crippen LogP contribution in [0.15, 0.2) is 36.8 Å². The Kier molecular flexibility index (Phi) is 5.46. The number of aromatic nitrogens is 5. The number of hydrogen-bond donors (Lipinski definition) is 0. The Balaban J connectivity index is 2.13. The molecule has 0 aliphatic heterocycles. The summed E-state index contributed by atoms with van der Waals surface area (Å²) in [6, 6.07) is 1.15. The van der Waals surface area contributed by atoms with Crippen LogP contribution in [0, 0.1) is 0 Å². The summed E-state index contributed by atoms with van der Waals surface area (Å²) in [4.78, 5) is 19.8. The van der Waals surface area contributed by atoms with Crippen molar-refractivity contribution < 1.29 is 35.9 Å². The molecule has 0 aliphatic carbocycles. The lowest BCUT2D eigenvalue weighted by molar-refractivity contribution is -0.143. The minimum Gasteiger partial charge on any atom is -0.464 e. The Bertz CT molecular complexity index is 1030. The van der Waals surface area contributed by atoms with E-state index in [0.29, 0.717) is 12.1 Å². The van der Waals surface area contributed by atoms with Crippen molar-refractivity contribution in [2.75, 3.05) is 7.11 Å². The molecule has 0 unspecified atom stereocenters. The summed E-state index contributed by atoms with van der Waals surface area (Å²) in [6.45, 7) is -0.553. The fraction of sp³-hybridized carbons (Fsp3) is 0.235. The number of nitrogens with zero attached hydrogens (tertiary/aromatic N) is 5. The van der Waals surface area contributed by atoms with Crippen molar-refractivity contribution in [1.82, 2.24) is 25.0 Å². The molecule has 7 nitrogen and oxygen atoms in total. The van der Waals surface area contributed by atoms with Crippen molar-refractivity contribution in [3.05, 3.63) is 59.2 Å². The molecule has 30 heavy (non-hydrogen) atoms. The smallest absolute Gasteiger partial charge is 0.416 e. The van der Waals surface area contributed by atoms with Gasteiger partial charge in [0.2, 0.25) is 0 Å². The van der Waals surface area contributed by atoms with Crippen molar-refractivity contribution in [1.29, 1.82) is 0 Å². The minimum absolute atomic E-state index is 0.0221. The van der Waals surface area contributed by atoms with Gasteiger partial charge in [-0.25, -0.2) is 9.48 Å². The van der Waals surface area contributed by atoms with E-state index in [0.717, 1.165) is 11.8 Å². The quantitative estimate of drug-likeness (QED) is 0.464. The van der Waals surface area contributed by atoms with Gasteiger partial charge in [-0.05, 0) is 23.8 Å². The fourth-order valence-corrected chi connectivity index (χ4v) is 2.62. The number of halogens is 6. The second kappa shape index (κ2) is 7.72. The van der Waals surface area contributed by atoms with Gasteiger partial charge in [-0.1, -0.05) is 5.21 Å². The molecule has 0 spiro atoms. The first-order valence-electron chi connectivity index (χ1n) is 8.07. The zero-order valence-corrected chi connectivity index (χ0v) is 15.0. The third-order valence-electron chi connectivity index (χ3n) is 3.90. The van der Waals surface area contributed by atoms with E-state index >= 15 is 0 Å². The topological polar surface area (TPSA) is 82.8 Å². The van der Waals surface area contributed by atoms with Crippen molar-refractivity contribution in [2.45, 2.75) is 18.9 Å². The Labute approximate surface area is 164 Å². The molecule has 0 saturated carbocycles. The monoisotopic (exact) mass is 431 g/mol. The molecule has 0 bridgehead atoms. The SMILES string of the molecule is COC(=O)c1nnn(Cc2cc(C(F)(F)F)cc(C(F)(F)F)c2)c1-c1cnccn1. The van der Waals surface area contributed by atoms with E-state index in [-0.39, 0.29) is 28.7 Å². The van der Waals surface area contributed by atoms with E-state index < -0.39 is 36.0 Å². The fourth-order valence-electron chi connectivity index (χ4n) is 2.62. The summed E-state index contributed by atoms with van der Waals surface area (Å²) in [5, 5.41) is 7.30. The van der Waals surface area contributed by atoms with Crippen LogP contribution in [0.5, 0.6) is 0 Å². The van der Waals surface area contributed by atoms with Gasteiger partial charge in [-0.15, -0.1) is 5.10 Å². The number of hydrogen-bond acceptors (Lipinski definition) is 6. The van der Waals surface area contributed by atoms with Crippen LogP contribution in [-0.4, -0.2) is 38.0 Å². The van der Waals surface area contributed by atoms with Gasteiger partial charge in [-0.3, -0.25) is 9.97 Å². The molecule has 0 atom stereocenters. The molecule has 0 aliphatic rings. The summed E-state index contributed by atoms with van der Waals surface area (Å²) < 4.78 is 84.1. The van der Waals surface area contributed by atoms with E-state index in [9.17, 15) is 31.1 Å². The molecule has 0 radical (unpaired) electrons. The summed E-state index contributed by atoms with van der Waals surface area (Å²) in [5.41, 5.74) is -3.61. The predicted octanol–water partition coefficient (Wildman–Crippen LogP) is 3.61. The van der Waals surface area contributed by atoms with Crippen molar-refractivity contribution in [3.8, 4) is 11.4 Å². The van der Waals surface area contributed by atoms with Gasteiger partial charge in [0.25, 0.3) is 0 Å². The highest BCUT2D eigenvalue weighted by molar-refractivity contribution is 5.93. The number of benzene rings is 1. The van der Waals surface area contributed by atoms with Crippen molar-refractivity contribution >= 4 is 5.97 Å². The number of carbonyl (C=O) groups excluding carboxylic acids is 1. The minimum atomic E-state index is -5.00. The van der Waals surface area contributed by atoms with Gasteiger partial charge in [-0.2, -0.15) is 26.3 Å². The van der Waals surface area contributed by atoms with Gasteiger partial charge < -0.3 is 4.74 Å². The van der Waals surface area contributed by atoms with Gasteiger partial charge in [0.1, 0.15) is 11.4 Å². The van der Waals surface area contributed by atoms with Gasteiger partial charge in [0, 0.05) is 12.4 Å². The molecular weight excluding hydrogens is 420 g/mol. The number of rotatable bonds is 4. The Morgan fingerprint density at radius 3 is 2.17 bits per heavy atom. The molecule has 3 rings (SSSR count). The number of alkyl halides is 6. The molecule has 158 valence electrons. The van der Waals surface area contributed by atoms with Crippen LogP contribution < -0.4 is 0 Å². The summed E-state index contributed by atoms with van der Waals surface area (Å²) in [5.74, 6) is -0.915. The predicted molar refractivity (Wildman–Crippen MR) is 87.9 cm³/mol. The lowest BCUT2D eigenvalue weighted by atomic mass is 10.0. The molecule has 0 N–H and O–H groups in total. The third kappa shape index (κ3) is 4.39. The Morgan fingerprint density at radius 2 is 1.67 bits per heavy atom. The maximum Gasteiger partial charge on any atom is 0.416 e.